The molecule has 0 bridgehead atoms. The molecular formula is C21H16N2O3. The summed E-state index contributed by atoms with van der Waals surface area (Å²) in [5.74, 6) is 1.29. The van der Waals surface area contributed by atoms with E-state index >= 15 is 0 Å². The molecule has 1 aromatic carbocycles. The standard InChI is InChI=1S/C21H16N2O3/c1-25-19-3-2-16(18(24)12-14-4-8-22-9-5-14)17-13-20(26-21(17)19)15-6-10-23-11-7-15/h2-11,13H,12H2,1H3. The fourth-order valence-electron chi connectivity index (χ4n) is 2.94. The van der Waals surface area contributed by atoms with Crippen LogP contribution in [0.1, 0.15) is 15.9 Å². The normalized spacial score (nSPS) is 10.8. The number of aromatic nitrogens is 2. The van der Waals surface area contributed by atoms with E-state index in [1.807, 2.05) is 30.3 Å². The summed E-state index contributed by atoms with van der Waals surface area (Å²) in [7, 11) is 1.59. The van der Waals surface area contributed by atoms with Crippen LogP contribution >= 0.6 is 0 Å². The first-order valence-corrected chi connectivity index (χ1v) is 8.19. The number of pyridine rings is 2. The van der Waals surface area contributed by atoms with E-state index < -0.39 is 0 Å². The zero-order valence-corrected chi connectivity index (χ0v) is 14.2. The number of Topliss-reactive ketones (excluding diaryl/α,β-unsaturated/α-hetero) is 1. The molecule has 26 heavy (non-hydrogen) atoms. The number of methoxy groups -OCH3 is 1. The Morgan fingerprint density at radius 2 is 1.69 bits per heavy atom. The summed E-state index contributed by atoms with van der Waals surface area (Å²) in [6.45, 7) is 0. The van der Waals surface area contributed by atoms with Gasteiger partial charge in [-0.2, -0.15) is 0 Å². The molecule has 0 saturated carbocycles. The molecule has 0 aliphatic heterocycles. The van der Waals surface area contributed by atoms with Gasteiger partial charge in [0.15, 0.2) is 17.1 Å². The van der Waals surface area contributed by atoms with Gasteiger partial charge < -0.3 is 9.15 Å². The highest BCUT2D eigenvalue weighted by atomic mass is 16.5. The molecule has 3 heterocycles. The summed E-state index contributed by atoms with van der Waals surface area (Å²) in [4.78, 5) is 20.9. The lowest BCUT2D eigenvalue weighted by molar-refractivity contribution is 0.0994. The number of nitrogens with zero attached hydrogens (tertiary/aromatic N) is 2. The van der Waals surface area contributed by atoms with Crippen molar-refractivity contribution in [3.8, 4) is 17.1 Å². The summed E-state index contributed by atoms with van der Waals surface area (Å²) < 4.78 is 11.4. The van der Waals surface area contributed by atoms with Crippen molar-refractivity contribution in [3.05, 3.63) is 78.4 Å². The molecule has 0 radical (unpaired) electrons. The Morgan fingerprint density at radius 3 is 2.38 bits per heavy atom. The van der Waals surface area contributed by atoms with Gasteiger partial charge in [0.1, 0.15) is 5.76 Å². The monoisotopic (exact) mass is 344 g/mol. The molecule has 0 spiro atoms. The van der Waals surface area contributed by atoms with E-state index in [1.165, 1.54) is 0 Å². The van der Waals surface area contributed by atoms with Gasteiger partial charge in [0.25, 0.3) is 0 Å². The van der Waals surface area contributed by atoms with Crippen molar-refractivity contribution in [2.75, 3.05) is 7.11 Å². The van der Waals surface area contributed by atoms with Crippen LogP contribution in [0.25, 0.3) is 22.3 Å². The van der Waals surface area contributed by atoms with Gasteiger partial charge in [0, 0.05) is 47.7 Å². The Morgan fingerprint density at radius 1 is 1.00 bits per heavy atom. The van der Waals surface area contributed by atoms with E-state index in [2.05, 4.69) is 9.97 Å². The average Bonchev–Trinajstić information content (AvgIpc) is 3.14. The van der Waals surface area contributed by atoms with Crippen molar-refractivity contribution in [1.29, 1.82) is 0 Å². The molecule has 5 nitrogen and oxygen atoms in total. The number of benzene rings is 1. The number of hydrogen-bond acceptors (Lipinski definition) is 5. The minimum absolute atomic E-state index is 0.0194. The maximum Gasteiger partial charge on any atom is 0.177 e. The van der Waals surface area contributed by atoms with Crippen LogP contribution in [0.3, 0.4) is 0 Å². The topological polar surface area (TPSA) is 65.2 Å². The third-order valence-electron chi connectivity index (χ3n) is 4.25. The molecule has 5 heteroatoms. The smallest absolute Gasteiger partial charge is 0.177 e. The maximum atomic E-state index is 12.9. The SMILES string of the molecule is COc1ccc(C(=O)Cc2ccncc2)c2cc(-c3ccncc3)oc12. The molecule has 0 aliphatic carbocycles. The van der Waals surface area contributed by atoms with E-state index in [1.54, 1.807) is 44.0 Å². The molecule has 128 valence electrons. The molecular weight excluding hydrogens is 328 g/mol. The number of hydrogen-bond donors (Lipinski definition) is 0. The van der Waals surface area contributed by atoms with Crippen molar-refractivity contribution < 1.29 is 13.9 Å². The summed E-state index contributed by atoms with van der Waals surface area (Å²) in [5, 5.41) is 0.746. The fourth-order valence-corrected chi connectivity index (χ4v) is 2.94. The Labute approximate surface area is 150 Å². The lowest BCUT2D eigenvalue weighted by Crippen LogP contribution is -2.04. The molecule has 0 saturated heterocycles. The summed E-state index contributed by atoms with van der Waals surface area (Å²) in [5.41, 5.74) is 3.00. The van der Waals surface area contributed by atoms with Crippen LogP contribution in [0.2, 0.25) is 0 Å². The Bertz CT molecular complexity index is 1060. The first kappa shape index (κ1) is 16.0. The molecule has 0 N–H and O–H groups in total. The molecule has 0 fully saturated rings. The highest BCUT2D eigenvalue weighted by Crippen LogP contribution is 2.35. The minimum Gasteiger partial charge on any atom is -0.493 e. The second-order valence-electron chi connectivity index (χ2n) is 5.86. The number of carbonyl (C=O) groups excluding carboxylic acids is 1. The van der Waals surface area contributed by atoms with Crippen LogP contribution in [0.5, 0.6) is 5.75 Å². The van der Waals surface area contributed by atoms with Gasteiger partial charge in [-0.3, -0.25) is 14.8 Å². The first-order chi connectivity index (χ1) is 12.8. The third kappa shape index (κ3) is 2.95. The number of carbonyl (C=O) groups is 1. The van der Waals surface area contributed by atoms with Crippen LogP contribution in [0.15, 0.2) is 71.7 Å². The van der Waals surface area contributed by atoms with Crippen LogP contribution in [0.4, 0.5) is 0 Å². The number of rotatable bonds is 5. The Kier molecular flexibility index (Phi) is 4.19. The van der Waals surface area contributed by atoms with Crippen molar-refractivity contribution >= 4 is 16.8 Å². The van der Waals surface area contributed by atoms with Crippen LogP contribution < -0.4 is 4.74 Å². The van der Waals surface area contributed by atoms with Gasteiger partial charge in [0.2, 0.25) is 0 Å². The van der Waals surface area contributed by atoms with Gasteiger partial charge in [-0.15, -0.1) is 0 Å². The van der Waals surface area contributed by atoms with Crippen LogP contribution in [0, 0.1) is 0 Å². The van der Waals surface area contributed by atoms with Crippen molar-refractivity contribution in [1.82, 2.24) is 9.97 Å². The van der Waals surface area contributed by atoms with E-state index in [0.717, 1.165) is 16.5 Å². The molecule has 4 aromatic rings. The predicted octanol–water partition coefficient (Wildman–Crippen LogP) is 4.32. The lowest BCUT2D eigenvalue weighted by Gasteiger charge is -2.05. The lowest BCUT2D eigenvalue weighted by atomic mass is 10.00. The highest BCUT2D eigenvalue weighted by molar-refractivity contribution is 6.09. The quantitative estimate of drug-likeness (QED) is 0.504. The van der Waals surface area contributed by atoms with Crippen LogP contribution in [-0.2, 0) is 6.42 Å². The zero-order chi connectivity index (χ0) is 17.9. The fraction of sp³-hybridized carbons (Fsp3) is 0.0952. The highest BCUT2D eigenvalue weighted by Gasteiger charge is 2.18. The van der Waals surface area contributed by atoms with Gasteiger partial charge in [-0.1, -0.05) is 0 Å². The average molecular weight is 344 g/mol. The van der Waals surface area contributed by atoms with Gasteiger partial charge in [-0.25, -0.2) is 0 Å². The van der Waals surface area contributed by atoms with Crippen molar-refractivity contribution in [3.63, 3.8) is 0 Å². The van der Waals surface area contributed by atoms with E-state index in [9.17, 15) is 4.79 Å². The number of ether oxygens (including phenoxy) is 1. The summed E-state index contributed by atoms with van der Waals surface area (Å²) in [6, 6.07) is 12.9. The summed E-state index contributed by atoms with van der Waals surface area (Å²) in [6.07, 6.45) is 7.08. The number of furan rings is 1. The Hall–Kier alpha value is -3.47. The molecule has 0 aliphatic rings. The largest absolute Gasteiger partial charge is 0.493 e. The van der Waals surface area contributed by atoms with Gasteiger partial charge in [0.05, 0.1) is 7.11 Å². The number of fused-ring (bicyclic) bond motifs is 1. The second-order valence-corrected chi connectivity index (χ2v) is 5.86. The first-order valence-electron chi connectivity index (χ1n) is 8.19. The molecule has 0 atom stereocenters. The predicted molar refractivity (Wildman–Crippen MR) is 98.3 cm³/mol. The second kappa shape index (κ2) is 6.80. The van der Waals surface area contributed by atoms with E-state index in [-0.39, 0.29) is 5.78 Å². The zero-order valence-electron chi connectivity index (χ0n) is 14.2. The van der Waals surface area contributed by atoms with Gasteiger partial charge >= 0.3 is 0 Å². The molecule has 4 rings (SSSR count). The molecule has 0 amide bonds. The van der Waals surface area contributed by atoms with Crippen molar-refractivity contribution in [2.24, 2.45) is 0 Å². The van der Waals surface area contributed by atoms with Crippen molar-refractivity contribution in [2.45, 2.75) is 6.42 Å². The van der Waals surface area contributed by atoms with Crippen LogP contribution in [-0.4, -0.2) is 22.9 Å². The minimum atomic E-state index is 0.0194. The van der Waals surface area contributed by atoms with E-state index in [0.29, 0.717) is 29.1 Å². The summed E-state index contributed by atoms with van der Waals surface area (Å²) >= 11 is 0. The van der Waals surface area contributed by atoms with E-state index in [4.69, 9.17) is 9.15 Å². The molecule has 0 unspecified atom stereocenters. The van der Waals surface area contributed by atoms with Gasteiger partial charge in [-0.05, 0) is 48.0 Å². The molecule has 3 aromatic heterocycles. The third-order valence-corrected chi connectivity index (χ3v) is 4.25. The maximum absolute atomic E-state index is 12.9. The number of ketones is 1. The Balaban J connectivity index is 1.80.